The summed E-state index contributed by atoms with van der Waals surface area (Å²) in [4.78, 5) is 27.6. The van der Waals surface area contributed by atoms with Crippen molar-refractivity contribution < 1.29 is 18.0 Å². The van der Waals surface area contributed by atoms with Crippen LogP contribution in [-0.4, -0.2) is 44.8 Å². The molecule has 1 atom stereocenters. The largest absolute Gasteiger partial charge is 0.357 e. The van der Waals surface area contributed by atoms with Crippen LogP contribution in [0, 0.1) is 13.8 Å². The third-order valence-corrected chi connectivity index (χ3v) is 8.56. The summed E-state index contributed by atoms with van der Waals surface area (Å²) in [6.07, 6.45) is 0. The van der Waals surface area contributed by atoms with Crippen molar-refractivity contribution in [2.24, 2.45) is 0 Å². The molecule has 3 aromatic rings. The van der Waals surface area contributed by atoms with Crippen LogP contribution in [0.5, 0.6) is 0 Å². The van der Waals surface area contributed by atoms with Gasteiger partial charge in [-0.25, -0.2) is 8.42 Å². The van der Waals surface area contributed by atoms with E-state index in [9.17, 15) is 18.0 Å². The van der Waals surface area contributed by atoms with Gasteiger partial charge in [0.1, 0.15) is 12.6 Å². The molecule has 0 aliphatic heterocycles. The van der Waals surface area contributed by atoms with Crippen molar-refractivity contribution in [2.75, 3.05) is 17.9 Å². The normalized spacial score (nSPS) is 12.1. The van der Waals surface area contributed by atoms with Crippen LogP contribution in [0.15, 0.2) is 71.6 Å². The number of aryl methyl sites for hydroxylation is 2. The van der Waals surface area contributed by atoms with Crippen molar-refractivity contribution >= 4 is 50.7 Å². The Hall–Kier alpha value is -3.07. The van der Waals surface area contributed by atoms with Gasteiger partial charge in [0.2, 0.25) is 11.8 Å². The predicted molar refractivity (Wildman–Crippen MR) is 147 cm³/mol. The van der Waals surface area contributed by atoms with Gasteiger partial charge in [-0.1, -0.05) is 76.8 Å². The lowest BCUT2D eigenvalue weighted by Gasteiger charge is -2.32. The lowest BCUT2D eigenvalue weighted by Crippen LogP contribution is -2.50. The van der Waals surface area contributed by atoms with Gasteiger partial charge in [-0.05, 0) is 50.6 Å². The van der Waals surface area contributed by atoms with Crippen molar-refractivity contribution in [1.82, 2.24) is 10.2 Å². The number of carbonyl (C=O) groups excluding carboxylic acids is 2. The first-order valence-electron chi connectivity index (χ1n) is 11.6. The third-order valence-electron chi connectivity index (χ3n) is 5.97. The van der Waals surface area contributed by atoms with Crippen LogP contribution in [0.2, 0.25) is 10.0 Å². The molecule has 10 heteroatoms. The molecule has 1 N–H and O–H groups in total. The van der Waals surface area contributed by atoms with E-state index in [0.29, 0.717) is 0 Å². The summed E-state index contributed by atoms with van der Waals surface area (Å²) in [5, 5.41) is 2.70. The number of carbonyl (C=O) groups is 2. The summed E-state index contributed by atoms with van der Waals surface area (Å²) in [5.41, 5.74) is 2.78. The monoisotopic (exact) mass is 561 g/mol. The van der Waals surface area contributed by atoms with Crippen molar-refractivity contribution in [3.8, 4) is 0 Å². The summed E-state index contributed by atoms with van der Waals surface area (Å²) in [6.45, 7) is 4.89. The second-order valence-electron chi connectivity index (χ2n) is 8.70. The van der Waals surface area contributed by atoms with Gasteiger partial charge in [0.15, 0.2) is 0 Å². The summed E-state index contributed by atoms with van der Waals surface area (Å²) in [5.74, 6) is -0.961. The molecule has 3 rings (SSSR count). The quantitative estimate of drug-likeness (QED) is 0.399. The van der Waals surface area contributed by atoms with Crippen LogP contribution in [0.1, 0.15) is 23.6 Å². The predicted octanol–water partition coefficient (Wildman–Crippen LogP) is 4.97. The van der Waals surface area contributed by atoms with Crippen molar-refractivity contribution in [1.29, 1.82) is 0 Å². The fourth-order valence-corrected chi connectivity index (χ4v) is 5.59. The molecule has 0 bridgehead atoms. The van der Waals surface area contributed by atoms with Crippen LogP contribution in [0.3, 0.4) is 0 Å². The number of hydrogen-bond acceptors (Lipinski definition) is 4. The van der Waals surface area contributed by atoms with Gasteiger partial charge in [0.25, 0.3) is 10.0 Å². The Morgan fingerprint density at radius 1 is 0.919 bits per heavy atom. The van der Waals surface area contributed by atoms with Gasteiger partial charge in [0.05, 0.1) is 20.6 Å². The first kappa shape index (κ1) is 28.5. The molecule has 7 nitrogen and oxygen atoms in total. The van der Waals surface area contributed by atoms with Crippen LogP contribution in [-0.2, 0) is 26.2 Å². The maximum absolute atomic E-state index is 13.8. The van der Waals surface area contributed by atoms with Crippen molar-refractivity contribution in [3.05, 3.63) is 93.5 Å². The standard InChI is InChI=1S/C27H29Cl2N3O4S/c1-18-8-12-21(13-9-18)16-31(20(3)27(34)30-4)25(33)17-32(24-7-5-6-23(28)26(24)29)37(35,36)22-14-10-19(2)11-15-22/h5-15,20H,16-17H2,1-4H3,(H,30,34)/t20-/m0/s1. The molecule has 0 radical (unpaired) electrons. The molecule has 0 fully saturated rings. The summed E-state index contributed by atoms with van der Waals surface area (Å²) >= 11 is 12.6. The molecule has 0 aromatic heterocycles. The van der Waals surface area contributed by atoms with Crippen molar-refractivity contribution in [3.63, 3.8) is 0 Å². The second-order valence-corrected chi connectivity index (χ2v) is 11.3. The third kappa shape index (κ3) is 6.63. The summed E-state index contributed by atoms with van der Waals surface area (Å²) in [6, 6.07) is 17.5. The number of likely N-dealkylation sites (N-methyl/N-ethyl adjacent to an activating group) is 1. The molecule has 3 aromatic carbocycles. The van der Waals surface area contributed by atoms with Gasteiger partial charge >= 0.3 is 0 Å². The Bertz CT molecular complexity index is 1380. The molecule has 0 saturated carbocycles. The second kappa shape index (κ2) is 12.0. The molecule has 0 aliphatic rings. The Morgan fingerprint density at radius 3 is 2.05 bits per heavy atom. The first-order chi connectivity index (χ1) is 17.4. The molecule has 37 heavy (non-hydrogen) atoms. The van der Waals surface area contributed by atoms with E-state index in [1.165, 1.54) is 36.2 Å². The molecule has 0 aliphatic carbocycles. The van der Waals surface area contributed by atoms with Gasteiger partial charge in [-0.3, -0.25) is 13.9 Å². The maximum Gasteiger partial charge on any atom is 0.264 e. The zero-order valence-corrected chi connectivity index (χ0v) is 23.4. The SMILES string of the molecule is CNC(=O)[C@H](C)N(Cc1ccc(C)cc1)C(=O)CN(c1cccc(Cl)c1Cl)S(=O)(=O)c1ccc(C)cc1. The molecular formula is C27H29Cl2N3O4S. The fraction of sp³-hybridized carbons (Fsp3) is 0.259. The molecule has 0 saturated heterocycles. The number of nitrogens with one attached hydrogen (secondary N) is 1. The van der Waals surface area contributed by atoms with E-state index in [0.717, 1.165) is 21.0 Å². The van der Waals surface area contributed by atoms with E-state index >= 15 is 0 Å². The van der Waals surface area contributed by atoms with Gasteiger partial charge in [0, 0.05) is 13.6 Å². The molecule has 0 spiro atoms. The molecule has 196 valence electrons. The van der Waals surface area contributed by atoms with Gasteiger partial charge in [-0.2, -0.15) is 0 Å². The summed E-state index contributed by atoms with van der Waals surface area (Å²) < 4.78 is 28.5. The Balaban J connectivity index is 2.07. The molecule has 2 amide bonds. The minimum absolute atomic E-state index is 0.00270. The molecule has 0 unspecified atom stereocenters. The minimum atomic E-state index is -4.23. The van der Waals surface area contributed by atoms with Crippen LogP contribution in [0.25, 0.3) is 0 Å². The number of hydrogen-bond donors (Lipinski definition) is 1. The van der Waals surface area contributed by atoms with E-state index in [-0.39, 0.29) is 33.1 Å². The highest BCUT2D eigenvalue weighted by Crippen LogP contribution is 2.35. The average molecular weight is 563 g/mol. The zero-order valence-electron chi connectivity index (χ0n) is 21.0. The van der Waals surface area contributed by atoms with Crippen molar-refractivity contribution in [2.45, 2.75) is 38.3 Å². The lowest BCUT2D eigenvalue weighted by molar-refractivity contribution is -0.139. The number of halogens is 2. The fourth-order valence-electron chi connectivity index (χ4n) is 3.72. The number of sulfonamides is 1. The summed E-state index contributed by atoms with van der Waals surface area (Å²) in [7, 11) is -2.75. The van der Waals surface area contributed by atoms with E-state index in [4.69, 9.17) is 23.2 Å². The number of anilines is 1. The lowest BCUT2D eigenvalue weighted by atomic mass is 10.1. The Morgan fingerprint density at radius 2 is 1.49 bits per heavy atom. The maximum atomic E-state index is 13.8. The first-order valence-corrected chi connectivity index (χ1v) is 13.7. The van der Waals surface area contributed by atoms with Crippen LogP contribution < -0.4 is 9.62 Å². The smallest absolute Gasteiger partial charge is 0.264 e. The molecular weight excluding hydrogens is 533 g/mol. The van der Waals surface area contributed by atoms with Crippen LogP contribution >= 0.6 is 23.2 Å². The highest BCUT2D eigenvalue weighted by Gasteiger charge is 2.33. The van der Waals surface area contributed by atoms with E-state index < -0.39 is 28.5 Å². The average Bonchev–Trinajstić information content (AvgIpc) is 2.88. The highest BCUT2D eigenvalue weighted by molar-refractivity contribution is 7.92. The number of amides is 2. The van der Waals surface area contributed by atoms with Crippen LogP contribution in [0.4, 0.5) is 5.69 Å². The van der Waals surface area contributed by atoms with E-state index in [1.54, 1.807) is 25.1 Å². The molecule has 0 heterocycles. The Labute approximate surface area is 228 Å². The zero-order chi connectivity index (χ0) is 27.3. The van der Waals surface area contributed by atoms with E-state index in [1.807, 2.05) is 38.1 Å². The minimum Gasteiger partial charge on any atom is -0.357 e. The van der Waals surface area contributed by atoms with E-state index in [2.05, 4.69) is 5.32 Å². The van der Waals surface area contributed by atoms with Gasteiger partial charge < -0.3 is 10.2 Å². The van der Waals surface area contributed by atoms with Gasteiger partial charge in [-0.15, -0.1) is 0 Å². The Kier molecular flexibility index (Phi) is 9.23. The number of nitrogens with zero attached hydrogens (tertiary/aromatic N) is 2. The highest BCUT2D eigenvalue weighted by atomic mass is 35.5. The topological polar surface area (TPSA) is 86.8 Å². The number of rotatable bonds is 9. The number of benzene rings is 3.